The van der Waals surface area contributed by atoms with Crippen LogP contribution in [-0.4, -0.2) is 9.97 Å². The Kier molecular flexibility index (Phi) is 2.74. The summed E-state index contributed by atoms with van der Waals surface area (Å²) in [5, 5.41) is 0.553. The van der Waals surface area contributed by atoms with Gasteiger partial charge < -0.3 is 0 Å². The van der Waals surface area contributed by atoms with Gasteiger partial charge in [-0.3, -0.25) is 0 Å². The molecular formula is C10H7FN2S. The van der Waals surface area contributed by atoms with Gasteiger partial charge in [0.05, 0.1) is 12.4 Å². The van der Waals surface area contributed by atoms with E-state index in [1.54, 1.807) is 0 Å². The van der Waals surface area contributed by atoms with Crippen molar-refractivity contribution in [3.63, 3.8) is 0 Å². The van der Waals surface area contributed by atoms with E-state index in [1.165, 1.54) is 11.8 Å². The first-order valence-corrected chi connectivity index (χ1v) is 4.87. The fourth-order valence-corrected chi connectivity index (χ4v) is 1.66. The van der Waals surface area contributed by atoms with Crippen molar-refractivity contribution in [2.45, 2.75) is 10.1 Å². The summed E-state index contributed by atoms with van der Waals surface area (Å²) in [6.07, 6.45) is 2.33. The number of benzene rings is 1. The van der Waals surface area contributed by atoms with Crippen LogP contribution in [0.25, 0.3) is 0 Å². The van der Waals surface area contributed by atoms with Gasteiger partial charge >= 0.3 is 0 Å². The molecule has 0 radical (unpaired) electrons. The third-order valence-corrected chi connectivity index (χ3v) is 2.45. The van der Waals surface area contributed by atoms with Crippen molar-refractivity contribution in [3.8, 4) is 0 Å². The fourth-order valence-electron chi connectivity index (χ4n) is 0.947. The van der Waals surface area contributed by atoms with Gasteiger partial charge in [0, 0.05) is 4.90 Å². The minimum atomic E-state index is -0.414. The van der Waals surface area contributed by atoms with Crippen molar-refractivity contribution < 1.29 is 4.39 Å². The lowest BCUT2D eigenvalue weighted by Gasteiger charge is -1.98. The van der Waals surface area contributed by atoms with E-state index in [9.17, 15) is 4.39 Å². The molecule has 0 N–H and O–H groups in total. The molecule has 1 aromatic heterocycles. The Morgan fingerprint density at radius 1 is 1.00 bits per heavy atom. The zero-order valence-corrected chi connectivity index (χ0v) is 8.04. The summed E-state index contributed by atoms with van der Waals surface area (Å²) in [4.78, 5) is 8.74. The second kappa shape index (κ2) is 4.19. The third kappa shape index (κ3) is 2.29. The molecule has 0 aliphatic carbocycles. The van der Waals surface area contributed by atoms with Crippen LogP contribution in [0.3, 0.4) is 0 Å². The number of hydrogen-bond donors (Lipinski definition) is 0. The summed E-state index contributed by atoms with van der Waals surface area (Å²) in [7, 11) is 0. The summed E-state index contributed by atoms with van der Waals surface area (Å²) in [6, 6.07) is 9.72. The van der Waals surface area contributed by atoms with E-state index in [0.29, 0.717) is 5.16 Å². The van der Waals surface area contributed by atoms with Crippen LogP contribution in [0.4, 0.5) is 4.39 Å². The van der Waals surface area contributed by atoms with E-state index in [-0.39, 0.29) is 0 Å². The molecule has 70 valence electrons. The van der Waals surface area contributed by atoms with Gasteiger partial charge in [0.15, 0.2) is 11.0 Å². The molecule has 0 saturated heterocycles. The van der Waals surface area contributed by atoms with Crippen molar-refractivity contribution in [1.82, 2.24) is 9.97 Å². The minimum absolute atomic E-state index is 0.414. The van der Waals surface area contributed by atoms with Gasteiger partial charge in [-0.1, -0.05) is 18.2 Å². The van der Waals surface area contributed by atoms with E-state index < -0.39 is 5.82 Å². The van der Waals surface area contributed by atoms with Crippen molar-refractivity contribution in [3.05, 3.63) is 48.5 Å². The lowest BCUT2D eigenvalue weighted by atomic mass is 10.4. The number of nitrogens with zero attached hydrogens (tertiary/aromatic N) is 2. The Balaban J connectivity index is 2.16. The van der Waals surface area contributed by atoms with Crippen LogP contribution in [0.1, 0.15) is 0 Å². The Labute approximate surface area is 85.2 Å². The highest BCUT2D eigenvalue weighted by molar-refractivity contribution is 7.99. The maximum atomic E-state index is 12.5. The van der Waals surface area contributed by atoms with Crippen molar-refractivity contribution in [2.75, 3.05) is 0 Å². The Hall–Kier alpha value is -1.42. The predicted molar refractivity (Wildman–Crippen MR) is 52.6 cm³/mol. The van der Waals surface area contributed by atoms with Crippen LogP contribution in [0.15, 0.2) is 52.8 Å². The number of hydrogen-bond acceptors (Lipinski definition) is 3. The molecule has 0 aliphatic heterocycles. The highest BCUT2D eigenvalue weighted by Gasteiger charge is 1.99. The first kappa shape index (κ1) is 9.15. The summed E-state index contributed by atoms with van der Waals surface area (Å²) in [5.74, 6) is -0.414. The first-order valence-electron chi connectivity index (χ1n) is 4.05. The highest BCUT2D eigenvalue weighted by atomic mass is 32.2. The third-order valence-electron chi connectivity index (χ3n) is 1.55. The summed E-state index contributed by atoms with van der Waals surface area (Å²) in [5.41, 5.74) is 0. The molecule has 0 fully saturated rings. The van der Waals surface area contributed by atoms with Gasteiger partial charge in [-0.25, -0.2) is 14.4 Å². The van der Waals surface area contributed by atoms with Crippen LogP contribution >= 0.6 is 11.8 Å². The molecule has 14 heavy (non-hydrogen) atoms. The van der Waals surface area contributed by atoms with Gasteiger partial charge in [-0.05, 0) is 23.9 Å². The fraction of sp³-hybridized carbons (Fsp3) is 0. The number of halogens is 1. The smallest absolute Gasteiger partial charge is 0.192 e. The van der Waals surface area contributed by atoms with Crippen LogP contribution in [-0.2, 0) is 0 Å². The lowest BCUT2D eigenvalue weighted by molar-refractivity contribution is 0.605. The topological polar surface area (TPSA) is 25.8 Å². The maximum Gasteiger partial charge on any atom is 0.192 e. The van der Waals surface area contributed by atoms with Crippen molar-refractivity contribution in [1.29, 1.82) is 0 Å². The largest absolute Gasteiger partial charge is 0.228 e. The quantitative estimate of drug-likeness (QED) is 0.706. The molecule has 0 atom stereocenters. The standard InChI is InChI=1S/C10H7FN2S/c11-8-6-12-10(13-7-8)14-9-4-2-1-3-5-9/h1-7H. The zero-order valence-electron chi connectivity index (χ0n) is 7.22. The molecule has 0 unspecified atom stereocenters. The zero-order chi connectivity index (χ0) is 9.80. The molecule has 0 amide bonds. The van der Waals surface area contributed by atoms with E-state index in [0.717, 1.165) is 17.3 Å². The number of rotatable bonds is 2. The first-order chi connectivity index (χ1) is 6.84. The Bertz CT molecular complexity index is 402. The van der Waals surface area contributed by atoms with Gasteiger partial charge in [0.25, 0.3) is 0 Å². The average Bonchev–Trinajstić information content (AvgIpc) is 2.23. The van der Waals surface area contributed by atoms with E-state index in [4.69, 9.17) is 0 Å². The van der Waals surface area contributed by atoms with Crippen molar-refractivity contribution in [2.24, 2.45) is 0 Å². The minimum Gasteiger partial charge on any atom is -0.228 e. The van der Waals surface area contributed by atoms with E-state index in [2.05, 4.69) is 9.97 Å². The van der Waals surface area contributed by atoms with Gasteiger partial charge in [0.2, 0.25) is 0 Å². The highest BCUT2D eigenvalue weighted by Crippen LogP contribution is 2.23. The molecule has 2 aromatic rings. The summed E-state index contributed by atoms with van der Waals surface area (Å²) in [6.45, 7) is 0. The normalized spacial score (nSPS) is 10.1. The molecular weight excluding hydrogens is 199 g/mol. The number of aromatic nitrogens is 2. The molecule has 0 saturated carbocycles. The second-order valence-electron chi connectivity index (χ2n) is 2.60. The molecule has 1 aromatic carbocycles. The predicted octanol–water partition coefficient (Wildman–Crippen LogP) is 2.77. The maximum absolute atomic E-state index is 12.5. The molecule has 0 aliphatic rings. The van der Waals surface area contributed by atoms with Crippen LogP contribution in [0.5, 0.6) is 0 Å². The lowest BCUT2D eigenvalue weighted by Crippen LogP contribution is -1.86. The van der Waals surface area contributed by atoms with Gasteiger partial charge in [0.1, 0.15) is 0 Å². The molecule has 0 bridgehead atoms. The second-order valence-corrected chi connectivity index (χ2v) is 3.64. The summed E-state index contributed by atoms with van der Waals surface area (Å²) < 4.78 is 12.5. The molecule has 2 rings (SSSR count). The van der Waals surface area contributed by atoms with E-state index in [1.807, 2.05) is 30.3 Å². The molecule has 2 nitrogen and oxygen atoms in total. The molecule has 1 heterocycles. The average molecular weight is 206 g/mol. The van der Waals surface area contributed by atoms with Gasteiger partial charge in [-0.2, -0.15) is 0 Å². The molecule has 0 spiro atoms. The van der Waals surface area contributed by atoms with Crippen LogP contribution < -0.4 is 0 Å². The van der Waals surface area contributed by atoms with Crippen molar-refractivity contribution >= 4 is 11.8 Å². The SMILES string of the molecule is Fc1cnc(Sc2ccccc2)nc1. The van der Waals surface area contributed by atoms with Crippen LogP contribution in [0.2, 0.25) is 0 Å². The monoisotopic (exact) mass is 206 g/mol. The Morgan fingerprint density at radius 2 is 1.64 bits per heavy atom. The van der Waals surface area contributed by atoms with Gasteiger partial charge in [-0.15, -0.1) is 0 Å². The van der Waals surface area contributed by atoms with E-state index >= 15 is 0 Å². The summed E-state index contributed by atoms with van der Waals surface area (Å²) >= 11 is 1.41. The van der Waals surface area contributed by atoms with Crippen LogP contribution in [0, 0.1) is 5.82 Å². The molecule has 4 heteroatoms. The Morgan fingerprint density at radius 3 is 2.29 bits per heavy atom.